The number of aliphatic hydroxyl groups excluding tert-OH is 2. The molecule has 1 aromatic rings. The maximum atomic E-state index is 11.8. The van der Waals surface area contributed by atoms with Crippen LogP contribution < -0.4 is 11.2 Å². The predicted octanol–water partition coefficient (Wildman–Crippen LogP) is -0.925. The number of ether oxygens (including phenoxy) is 1. The molecule has 2 rings (SSSR count). The molecule has 2 heterocycles. The lowest BCUT2D eigenvalue weighted by atomic mass is 10.2. The van der Waals surface area contributed by atoms with Gasteiger partial charge >= 0.3 is 5.69 Å². The fourth-order valence-corrected chi connectivity index (χ4v) is 3.17. The average Bonchev–Trinajstić information content (AvgIpc) is 2.73. The third-order valence-electron chi connectivity index (χ3n) is 3.02. The van der Waals surface area contributed by atoms with Crippen LogP contribution in [0.15, 0.2) is 34.5 Å². The van der Waals surface area contributed by atoms with E-state index in [0.717, 1.165) is 0 Å². The number of thioether (sulfide) groups is 1. The van der Waals surface area contributed by atoms with Crippen LogP contribution >= 0.6 is 11.8 Å². The van der Waals surface area contributed by atoms with Crippen molar-refractivity contribution in [2.75, 3.05) is 12.4 Å². The third kappa shape index (κ3) is 2.88. The van der Waals surface area contributed by atoms with Crippen LogP contribution in [-0.4, -0.2) is 49.6 Å². The van der Waals surface area contributed by atoms with Gasteiger partial charge in [0.1, 0.15) is 6.10 Å². The average molecular weight is 300 g/mol. The molecule has 1 unspecified atom stereocenters. The Bertz CT molecular complexity index is 584. The molecule has 0 aliphatic carbocycles. The van der Waals surface area contributed by atoms with E-state index in [0.29, 0.717) is 5.75 Å². The minimum atomic E-state index is -0.909. The SMILES string of the molecule is C=CCSC1[C@H](n2ccc(=O)[nH]c2=O)O[C@H](CO)[C@H]1O. The van der Waals surface area contributed by atoms with Crippen molar-refractivity contribution in [2.45, 2.75) is 23.7 Å². The molecule has 4 atom stereocenters. The summed E-state index contributed by atoms with van der Waals surface area (Å²) in [7, 11) is 0. The van der Waals surface area contributed by atoms with Gasteiger partial charge in [0, 0.05) is 18.0 Å². The summed E-state index contributed by atoms with van der Waals surface area (Å²) in [6.45, 7) is 3.26. The first-order chi connectivity index (χ1) is 9.58. The van der Waals surface area contributed by atoms with Gasteiger partial charge in [0.05, 0.1) is 18.0 Å². The molecule has 1 aliphatic heterocycles. The molecule has 3 N–H and O–H groups in total. The van der Waals surface area contributed by atoms with Gasteiger partial charge in [-0.3, -0.25) is 14.3 Å². The van der Waals surface area contributed by atoms with Crippen LogP contribution in [0.1, 0.15) is 6.23 Å². The first-order valence-corrected chi connectivity index (χ1v) is 7.11. The normalized spacial score (nSPS) is 29.5. The zero-order valence-electron chi connectivity index (χ0n) is 10.6. The standard InChI is InChI=1S/C12H16N2O5S/c1-2-5-20-10-9(17)7(6-15)19-11(10)14-4-3-8(16)13-12(14)18/h2-4,7,9-11,15,17H,1,5-6H2,(H,13,16,18)/t7-,9-,10?,11-/m1/s1. The van der Waals surface area contributed by atoms with Gasteiger partial charge < -0.3 is 14.9 Å². The third-order valence-corrected chi connectivity index (χ3v) is 4.35. The molecule has 0 bridgehead atoms. The highest BCUT2D eigenvalue weighted by Gasteiger charge is 2.44. The summed E-state index contributed by atoms with van der Waals surface area (Å²) in [6.07, 6.45) is 0.572. The van der Waals surface area contributed by atoms with Crippen molar-refractivity contribution in [2.24, 2.45) is 0 Å². The number of nitrogens with zero attached hydrogens (tertiary/aromatic N) is 1. The molecule has 0 radical (unpaired) electrons. The number of hydrogen-bond acceptors (Lipinski definition) is 6. The Labute approximate surface area is 118 Å². The smallest absolute Gasteiger partial charge is 0.330 e. The molecule has 0 saturated carbocycles. The number of aliphatic hydroxyl groups is 2. The Morgan fingerprint density at radius 1 is 1.55 bits per heavy atom. The van der Waals surface area contributed by atoms with Crippen LogP contribution in [0, 0.1) is 0 Å². The number of aromatic amines is 1. The molecule has 0 amide bonds. The molecule has 1 aliphatic rings. The van der Waals surface area contributed by atoms with Crippen molar-refractivity contribution in [1.29, 1.82) is 0 Å². The van der Waals surface area contributed by atoms with Crippen LogP contribution in [-0.2, 0) is 4.74 Å². The fourth-order valence-electron chi connectivity index (χ4n) is 2.08. The number of hydrogen-bond donors (Lipinski definition) is 3. The van der Waals surface area contributed by atoms with E-state index in [2.05, 4.69) is 11.6 Å². The Morgan fingerprint density at radius 3 is 2.90 bits per heavy atom. The van der Waals surface area contributed by atoms with Gasteiger partial charge in [-0.1, -0.05) is 6.08 Å². The van der Waals surface area contributed by atoms with Gasteiger partial charge in [0.15, 0.2) is 6.23 Å². The Hall–Kier alpha value is -1.35. The number of aromatic nitrogens is 2. The van der Waals surface area contributed by atoms with Crippen molar-refractivity contribution >= 4 is 11.8 Å². The molecule has 8 heteroatoms. The molecular weight excluding hydrogens is 284 g/mol. The first kappa shape index (κ1) is 15.0. The second-order valence-corrected chi connectivity index (χ2v) is 5.55. The highest BCUT2D eigenvalue weighted by molar-refractivity contribution is 8.00. The number of nitrogens with one attached hydrogen (secondary N) is 1. The zero-order valence-corrected chi connectivity index (χ0v) is 11.5. The predicted molar refractivity (Wildman–Crippen MR) is 74.8 cm³/mol. The van der Waals surface area contributed by atoms with Crippen molar-refractivity contribution in [3.05, 3.63) is 45.8 Å². The zero-order chi connectivity index (χ0) is 14.7. The van der Waals surface area contributed by atoms with Crippen LogP contribution in [0.3, 0.4) is 0 Å². The van der Waals surface area contributed by atoms with E-state index in [-0.39, 0.29) is 6.61 Å². The molecular formula is C12H16N2O5S. The van der Waals surface area contributed by atoms with E-state index in [4.69, 9.17) is 4.74 Å². The Balaban J connectivity index is 2.33. The lowest BCUT2D eigenvalue weighted by Crippen LogP contribution is -2.36. The van der Waals surface area contributed by atoms with Crippen LogP contribution in [0.25, 0.3) is 0 Å². The minimum absolute atomic E-state index is 0.346. The molecule has 1 saturated heterocycles. The van der Waals surface area contributed by atoms with Crippen LogP contribution in [0.2, 0.25) is 0 Å². The summed E-state index contributed by atoms with van der Waals surface area (Å²) in [6, 6.07) is 1.21. The van der Waals surface area contributed by atoms with E-state index in [1.165, 1.54) is 28.6 Å². The van der Waals surface area contributed by atoms with Gasteiger partial charge in [0.25, 0.3) is 5.56 Å². The summed E-state index contributed by atoms with van der Waals surface area (Å²) >= 11 is 1.37. The van der Waals surface area contributed by atoms with Crippen LogP contribution in [0.4, 0.5) is 0 Å². The van der Waals surface area contributed by atoms with E-state index >= 15 is 0 Å². The topological polar surface area (TPSA) is 105 Å². The van der Waals surface area contributed by atoms with E-state index in [1.807, 2.05) is 0 Å². The van der Waals surface area contributed by atoms with Crippen molar-refractivity contribution in [1.82, 2.24) is 9.55 Å². The monoisotopic (exact) mass is 300 g/mol. The van der Waals surface area contributed by atoms with Gasteiger partial charge in [-0.2, -0.15) is 0 Å². The molecule has 0 spiro atoms. The van der Waals surface area contributed by atoms with E-state index < -0.39 is 34.9 Å². The molecule has 0 aromatic carbocycles. The lowest BCUT2D eigenvalue weighted by molar-refractivity contribution is -0.0457. The Morgan fingerprint density at radius 2 is 2.30 bits per heavy atom. The van der Waals surface area contributed by atoms with E-state index in [1.54, 1.807) is 6.08 Å². The quantitative estimate of drug-likeness (QED) is 0.607. The summed E-state index contributed by atoms with van der Waals surface area (Å²) in [4.78, 5) is 25.0. The maximum Gasteiger partial charge on any atom is 0.330 e. The van der Waals surface area contributed by atoms with Gasteiger partial charge in [-0.15, -0.1) is 18.3 Å². The fraction of sp³-hybridized carbons (Fsp3) is 0.500. The molecule has 1 aromatic heterocycles. The first-order valence-electron chi connectivity index (χ1n) is 6.07. The van der Waals surface area contributed by atoms with Crippen molar-refractivity contribution in [3.8, 4) is 0 Å². The van der Waals surface area contributed by atoms with Gasteiger partial charge in [-0.05, 0) is 0 Å². The summed E-state index contributed by atoms with van der Waals surface area (Å²) in [5, 5.41) is 18.9. The number of rotatable bonds is 5. The largest absolute Gasteiger partial charge is 0.394 e. The second kappa shape index (κ2) is 6.40. The van der Waals surface area contributed by atoms with Crippen LogP contribution in [0.5, 0.6) is 0 Å². The van der Waals surface area contributed by atoms with Gasteiger partial charge in [-0.25, -0.2) is 4.79 Å². The van der Waals surface area contributed by atoms with E-state index in [9.17, 15) is 19.8 Å². The minimum Gasteiger partial charge on any atom is -0.394 e. The highest BCUT2D eigenvalue weighted by atomic mass is 32.2. The molecule has 110 valence electrons. The lowest BCUT2D eigenvalue weighted by Gasteiger charge is -2.20. The van der Waals surface area contributed by atoms with Crippen molar-refractivity contribution < 1.29 is 14.9 Å². The molecule has 20 heavy (non-hydrogen) atoms. The van der Waals surface area contributed by atoms with Crippen molar-refractivity contribution in [3.63, 3.8) is 0 Å². The second-order valence-electron chi connectivity index (χ2n) is 4.34. The maximum absolute atomic E-state index is 11.8. The molecule has 7 nitrogen and oxygen atoms in total. The summed E-state index contributed by atoms with van der Waals surface area (Å²) in [5.41, 5.74) is -1.11. The van der Waals surface area contributed by atoms with Gasteiger partial charge in [0.2, 0.25) is 0 Å². The number of H-pyrrole nitrogens is 1. The molecule has 1 fully saturated rings. The Kier molecular flexibility index (Phi) is 4.81. The summed E-state index contributed by atoms with van der Waals surface area (Å²) < 4.78 is 6.73. The highest BCUT2D eigenvalue weighted by Crippen LogP contribution is 2.36. The summed E-state index contributed by atoms with van der Waals surface area (Å²) in [5.74, 6) is 0.567.